The largest absolute Gasteiger partial charge is 0.497 e. The average molecular weight is 338 g/mol. The molecule has 0 aliphatic carbocycles. The lowest BCUT2D eigenvalue weighted by Gasteiger charge is -2.32. The van der Waals surface area contributed by atoms with E-state index in [9.17, 15) is 4.79 Å². The molecule has 2 aromatic carbocycles. The first-order valence-corrected chi connectivity index (χ1v) is 8.92. The Morgan fingerprint density at radius 2 is 1.88 bits per heavy atom. The van der Waals surface area contributed by atoms with Crippen molar-refractivity contribution in [3.05, 3.63) is 54.1 Å². The summed E-state index contributed by atoms with van der Waals surface area (Å²) < 4.78 is 5.13. The molecule has 1 saturated heterocycles. The number of hydrogen-bond donors (Lipinski definition) is 1. The fraction of sp³-hybridized carbons (Fsp3) is 0.381. The SMILES string of the molecule is COc1ccc(CC(=O)Nc2ccc(N3CCCC(C)C3)cc2)cc1. The maximum Gasteiger partial charge on any atom is 0.228 e. The summed E-state index contributed by atoms with van der Waals surface area (Å²) in [6.07, 6.45) is 2.92. The summed E-state index contributed by atoms with van der Waals surface area (Å²) in [5, 5.41) is 2.97. The molecule has 0 aromatic heterocycles. The molecule has 1 fully saturated rings. The Bertz CT molecular complexity index is 695. The van der Waals surface area contributed by atoms with Crippen LogP contribution in [0.2, 0.25) is 0 Å². The van der Waals surface area contributed by atoms with Crippen LogP contribution in [0.3, 0.4) is 0 Å². The minimum absolute atomic E-state index is 0.00971. The van der Waals surface area contributed by atoms with Gasteiger partial charge < -0.3 is 15.0 Å². The first-order valence-electron chi connectivity index (χ1n) is 8.92. The third kappa shape index (κ3) is 4.75. The Morgan fingerprint density at radius 3 is 2.52 bits per heavy atom. The Morgan fingerprint density at radius 1 is 1.16 bits per heavy atom. The minimum Gasteiger partial charge on any atom is -0.497 e. The van der Waals surface area contributed by atoms with Gasteiger partial charge in [0.15, 0.2) is 0 Å². The number of methoxy groups -OCH3 is 1. The standard InChI is InChI=1S/C21H26N2O2/c1-16-4-3-13-23(15-16)19-9-7-18(8-10-19)22-21(24)14-17-5-11-20(25-2)12-6-17/h5-12,16H,3-4,13-15H2,1-2H3,(H,22,24). The molecule has 0 radical (unpaired) electrons. The molecular weight excluding hydrogens is 312 g/mol. The van der Waals surface area contributed by atoms with Gasteiger partial charge in [-0.15, -0.1) is 0 Å². The van der Waals surface area contributed by atoms with Crippen LogP contribution < -0.4 is 15.0 Å². The molecule has 0 spiro atoms. The molecule has 1 aliphatic heterocycles. The van der Waals surface area contributed by atoms with Crippen molar-refractivity contribution < 1.29 is 9.53 Å². The van der Waals surface area contributed by atoms with Crippen LogP contribution in [0.4, 0.5) is 11.4 Å². The van der Waals surface area contributed by atoms with Crippen LogP contribution in [0, 0.1) is 5.92 Å². The number of ether oxygens (including phenoxy) is 1. The monoisotopic (exact) mass is 338 g/mol. The second kappa shape index (κ2) is 8.06. The van der Waals surface area contributed by atoms with E-state index >= 15 is 0 Å². The Balaban J connectivity index is 1.56. The first kappa shape index (κ1) is 17.3. The molecule has 2 aromatic rings. The van der Waals surface area contributed by atoms with Gasteiger partial charge in [0.05, 0.1) is 13.5 Å². The zero-order valence-electron chi connectivity index (χ0n) is 15.0. The lowest BCUT2D eigenvalue weighted by molar-refractivity contribution is -0.115. The van der Waals surface area contributed by atoms with E-state index < -0.39 is 0 Å². The van der Waals surface area contributed by atoms with Crippen molar-refractivity contribution in [1.29, 1.82) is 0 Å². The molecule has 1 heterocycles. The van der Waals surface area contributed by atoms with E-state index in [-0.39, 0.29) is 5.91 Å². The summed E-state index contributed by atoms with van der Waals surface area (Å²) in [6, 6.07) is 15.7. The zero-order chi connectivity index (χ0) is 17.6. The summed E-state index contributed by atoms with van der Waals surface area (Å²) in [7, 11) is 1.63. The molecule has 0 saturated carbocycles. The lowest BCUT2D eigenvalue weighted by atomic mass is 10.00. The smallest absolute Gasteiger partial charge is 0.228 e. The van der Waals surface area contributed by atoms with Gasteiger partial charge >= 0.3 is 0 Å². The molecule has 3 rings (SSSR count). The molecule has 4 heteroatoms. The highest BCUT2D eigenvalue weighted by atomic mass is 16.5. The number of piperidine rings is 1. The van der Waals surface area contributed by atoms with Crippen molar-refractivity contribution in [2.24, 2.45) is 5.92 Å². The van der Waals surface area contributed by atoms with Crippen LogP contribution in [-0.4, -0.2) is 26.1 Å². The molecule has 132 valence electrons. The maximum atomic E-state index is 12.2. The van der Waals surface area contributed by atoms with Crippen molar-refractivity contribution in [3.8, 4) is 5.75 Å². The number of anilines is 2. The highest BCUT2D eigenvalue weighted by molar-refractivity contribution is 5.92. The number of nitrogens with zero attached hydrogens (tertiary/aromatic N) is 1. The topological polar surface area (TPSA) is 41.6 Å². The van der Waals surface area contributed by atoms with Crippen molar-refractivity contribution in [2.75, 3.05) is 30.4 Å². The van der Waals surface area contributed by atoms with Gasteiger partial charge in [0.2, 0.25) is 5.91 Å². The molecule has 0 bridgehead atoms. The van der Waals surface area contributed by atoms with E-state index in [1.165, 1.54) is 18.5 Å². The first-order chi connectivity index (χ1) is 12.1. The van der Waals surface area contributed by atoms with Gasteiger partial charge in [-0.25, -0.2) is 0 Å². The van der Waals surface area contributed by atoms with Gasteiger partial charge in [-0.1, -0.05) is 19.1 Å². The molecule has 1 unspecified atom stereocenters. The summed E-state index contributed by atoms with van der Waals surface area (Å²) in [5.41, 5.74) is 3.05. The van der Waals surface area contributed by atoms with Crippen molar-refractivity contribution in [2.45, 2.75) is 26.2 Å². The maximum absolute atomic E-state index is 12.2. The van der Waals surface area contributed by atoms with Crippen LogP contribution in [-0.2, 0) is 11.2 Å². The second-order valence-corrected chi connectivity index (χ2v) is 6.81. The van der Waals surface area contributed by atoms with E-state index in [4.69, 9.17) is 4.74 Å². The zero-order valence-corrected chi connectivity index (χ0v) is 15.0. The molecule has 25 heavy (non-hydrogen) atoms. The average Bonchev–Trinajstić information content (AvgIpc) is 2.63. The predicted octanol–water partition coefficient (Wildman–Crippen LogP) is 4.11. The Kier molecular flexibility index (Phi) is 5.59. The number of carbonyl (C=O) groups excluding carboxylic acids is 1. The number of carbonyl (C=O) groups is 1. The number of nitrogens with one attached hydrogen (secondary N) is 1. The quantitative estimate of drug-likeness (QED) is 0.892. The van der Waals surface area contributed by atoms with Crippen molar-refractivity contribution in [1.82, 2.24) is 0 Å². The van der Waals surface area contributed by atoms with E-state index in [1.807, 2.05) is 36.4 Å². The van der Waals surface area contributed by atoms with E-state index in [2.05, 4.69) is 29.3 Å². The summed E-state index contributed by atoms with van der Waals surface area (Å²) in [6.45, 7) is 4.54. The summed E-state index contributed by atoms with van der Waals surface area (Å²) in [4.78, 5) is 14.6. The Hall–Kier alpha value is -2.49. The lowest BCUT2D eigenvalue weighted by Crippen LogP contribution is -2.34. The molecule has 1 N–H and O–H groups in total. The second-order valence-electron chi connectivity index (χ2n) is 6.81. The molecule has 1 amide bonds. The van der Waals surface area contributed by atoms with E-state index in [0.717, 1.165) is 36.0 Å². The van der Waals surface area contributed by atoms with Crippen LogP contribution in [0.1, 0.15) is 25.3 Å². The highest BCUT2D eigenvalue weighted by Crippen LogP contribution is 2.24. The highest BCUT2D eigenvalue weighted by Gasteiger charge is 2.16. The van der Waals surface area contributed by atoms with Gasteiger partial charge in [-0.05, 0) is 60.7 Å². The number of amides is 1. The molecule has 4 nitrogen and oxygen atoms in total. The molecule has 1 atom stereocenters. The van der Waals surface area contributed by atoms with E-state index in [0.29, 0.717) is 6.42 Å². The van der Waals surface area contributed by atoms with Crippen molar-refractivity contribution in [3.63, 3.8) is 0 Å². The van der Waals surface area contributed by atoms with Gasteiger partial charge in [-0.3, -0.25) is 4.79 Å². The third-order valence-electron chi connectivity index (χ3n) is 4.70. The van der Waals surface area contributed by atoms with Crippen LogP contribution in [0.25, 0.3) is 0 Å². The normalized spacial score (nSPS) is 17.2. The fourth-order valence-corrected chi connectivity index (χ4v) is 3.31. The fourth-order valence-electron chi connectivity index (χ4n) is 3.31. The number of rotatable bonds is 5. The Labute approximate surface area is 149 Å². The van der Waals surface area contributed by atoms with Crippen LogP contribution in [0.15, 0.2) is 48.5 Å². The third-order valence-corrected chi connectivity index (χ3v) is 4.70. The predicted molar refractivity (Wildman–Crippen MR) is 102 cm³/mol. The van der Waals surface area contributed by atoms with Crippen molar-refractivity contribution >= 4 is 17.3 Å². The molecular formula is C21H26N2O2. The summed E-state index contributed by atoms with van der Waals surface area (Å²) >= 11 is 0. The minimum atomic E-state index is -0.00971. The van der Waals surface area contributed by atoms with Gasteiger partial charge in [0.25, 0.3) is 0 Å². The molecule has 1 aliphatic rings. The van der Waals surface area contributed by atoms with Gasteiger partial charge in [0, 0.05) is 24.5 Å². The van der Waals surface area contributed by atoms with Crippen LogP contribution in [0.5, 0.6) is 5.75 Å². The number of benzene rings is 2. The van der Waals surface area contributed by atoms with Gasteiger partial charge in [0.1, 0.15) is 5.75 Å². The number of hydrogen-bond acceptors (Lipinski definition) is 3. The summed E-state index contributed by atoms with van der Waals surface area (Å²) in [5.74, 6) is 1.54. The van der Waals surface area contributed by atoms with E-state index in [1.54, 1.807) is 7.11 Å². The van der Waals surface area contributed by atoms with Gasteiger partial charge in [-0.2, -0.15) is 0 Å². The van der Waals surface area contributed by atoms with Crippen LogP contribution >= 0.6 is 0 Å².